The maximum absolute atomic E-state index is 13.5. The number of rotatable bonds is 7. The lowest BCUT2D eigenvalue weighted by Gasteiger charge is -2.13. The molecule has 0 spiro atoms. The number of nitrogens with one attached hydrogen (secondary N) is 2. The first kappa shape index (κ1) is 16.0. The van der Waals surface area contributed by atoms with Gasteiger partial charge in [0.2, 0.25) is 0 Å². The normalized spacial score (nSPS) is 11.9. The topological polar surface area (TPSA) is 79.2 Å². The van der Waals surface area contributed by atoms with Gasteiger partial charge >= 0.3 is 6.03 Å². The Morgan fingerprint density at radius 1 is 1.36 bits per heavy atom. The highest BCUT2D eigenvalue weighted by molar-refractivity contribution is 5.73. The summed E-state index contributed by atoms with van der Waals surface area (Å²) in [6, 6.07) is 5.56. The van der Waals surface area contributed by atoms with Crippen LogP contribution in [0.4, 0.5) is 9.18 Å². The molecule has 0 aliphatic carbocycles. The van der Waals surface area contributed by atoms with Crippen molar-refractivity contribution in [1.29, 1.82) is 0 Å². The van der Waals surface area contributed by atoms with E-state index in [-0.39, 0.29) is 18.1 Å². The van der Waals surface area contributed by atoms with Crippen molar-refractivity contribution in [2.75, 3.05) is 13.1 Å². The Hall–Kier alpha value is -2.41. The summed E-state index contributed by atoms with van der Waals surface area (Å²) in [5.41, 5.74) is 0.169. The highest BCUT2D eigenvalue weighted by Gasteiger charge is 2.12. The van der Waals surface area contributed by atoms with Crippen molar-refractivity contribution in [2.45, 2.75) is 19.1 Å². The number of carbonyl (C=O) groups is 1. The fourth-order valence-corrected chi connectivity index (χ4v) is 1.99. The minimum absolute atomic E-state index is 0.0473. The summed E-state index contributed by atoms with van der Waals surface area (Å²) >= 11 is 0. The summed E-state index contributed by atoms with van der Waals surface area (Å²) in [6.07, 6.45) is 4.96. The fourth-order valence-electron chi connectivity index (χ4n) is 1.99. The third-order valence-corrected chi connectivity index (χ3v) is 3.16. The zero-order chi connectivity index (χ0) is 15.8. The third-order valence-electron chi connectivity index (χ3n) is 3.16. The van der Waals surface area contributed by atoms with Gasteiger partial charge in [-0.2, -0.15) is 0 Å². The summed E-state index contributed by atoms with van der Waals surface area (Å²) in [4.78, 5) is 15.5. The van der Waals surface area contributed by atoms with Crippen LogP contribution in [0.1, 0.15) is 18.1 Å². The Morgan fingerprint density at radius 2 is 2.18 bits per heavy atom. The van der Waals surface area contributed by atoms with E-state index in [9.17, 15) is 14.3 Å². The van der Waals surface area contributed by atoms with Crippen LogP contribution in [0.3, 0.4) is 0 Å². The number of benzene rings is 1. The van der Waals surface area contributed by atoms with Gasteiger partial charge in [-0.05, 0) is 12.5 Å². The predicted molar refractivity (Wildman–Crippen MR) is 79.6 cm³/mol. The molecule has 2 aromatic rings. The maximum Gasteiger partial charge on any atom is 0.314 e. The van der Waals surface area contributed by atoms with Crippen molar-refractivity contribution in [3.8, 4) is 0 Å². The Labute approximate surface area is 128 Å². The van der Waals surface area contributed by atoms with Crippen molar-refractivity contribution in [3.63, 3.8) is 0 Å². The zero-order valence-corrected chi connectivity index (χ0v) is 12.1. The average Bonchev–Trinajstić information content (AvgIpc) is 3.03. The Morgan fingerprint density at radius 3 is 2.91 bits per heavy atom. The van der Waals surface area contributed by atoms with Crippen molar-refractivity contribution in [3.05, 3.63) is 54.4 Å². The number of imidazole rings is 1. The molecule has 3 N–H and O–H groups in total. The minimum Gasteiger partial charge on any atom is -0.386 e. The smallest absolute Gasteiger partial charge is 0.314 e. The number of aryl methyl sites for hydroxylation is 1. The van der Waals surface area contributed by atoms with Crippen molar-refractivity contribution in [2.24, 2.45) is 0 Å². The zero-order valence-electron chi connectivity index (χ0n) is 12.1. The molecule has 1 atom stereocenters. The van der Waals surface area contributed by atoms with E-state index in [0.29, 0.717) is 6.54 Å². The summed E-state index contributed by atoms with van der Waals surface area (Å²) < 4.78 is 15.4. The van der Waals surface area contributed by atoms with E-state index in [1.165, 1.54) is 12.1 Å². The van der Waals surface area contributed by atoms with Gasteiger partial charge in [-0.1, -0.05) is 18.2 Å². The summed E-state index contributed by atoms with van der Waals surface area (Å²) in [7, 11) is 0. The highest BCUT2D eigenvalue weighted by Crippen LogP contribution is 2.15. The van der Waals surface area contributed by atoms with Gasteiger partial charge in [0.15, 0.2) is 0 Å². The van der Waals surface area contributed by atoms with Crippen molar-refractivity contribution >= 4 is 6.03 Å². The molecule has 1 unspecified atom stereocenters. The molecule has 1 heterocycles. The second kappa shape index (κ2) is 8.14. The Kier molecular flexibility index (Phi) is 5.91. The van der Waals surface area contributed by atoms with Crippen LogP contribution in [-0.2, 0) is 6.54 Å². The van der Waals surface area contributed by atoms with E-state index in [1.807, 2.05) is 10.8 Å². The molecule has 6 nitrogen and oxygen atoms in total. The first-order valence-electron chi connectivity index (χ1n) is 7.07. The molecule has 2 amide bonds. The first-order chi connectivity index (χ1) is 10.7. The lowest BCUT2D eigenvalue weighted by Crippen LogP contribution is -2.38. The molecule has 0 saturated carbocycles. The largest absolute Gasteiger partial charge is 0.386 e. The van der Waals surface area contributed by atoms with Crippen LogP contribution in [0.25, 0.3) is 0 Å². The molecular weight excluding hydrogens is 287 g/mol. The number of hydrogen-bond acceptors (Lipinski definition) is 3. The minimum atomic E-state index is -1.07. The number of amides is 2. The number of hydrogen-bond donors (Lipinski definition) is 3. The predicted octanol–water partition coefficient (Wildman–Crippen LogP) is 1.45. The van der Waals surface area contributed by atoms with Crippen LogP contribution in [0, 0.1) is 5.82 Å². The monoisotopic (exact) mass is 306 g/mol. The number of aliphatic hydroxyl groups is 1. The van der Waals surface area contributed by atoms with E-state index in [0.717, 1.165) is 13.0 Å². The Bertz CT molecular complexity index is 589. The molecule has 22 heavy (non-hydrogen) atoms. The number of carbonyl (C=O) groups excluding carboxylic acids is 1. The quantitative estimate of drug-likeness (QED) is 0.677. The van der Waals surface area contributed by atoms with Gasteiger partial charge in [-0.3, -0.25) is 0 Å². The van der Waals surface area contributed by atoms with Crippen LogP contribution >= 0.6 is 0 Å². The molecule has 0 saturated heterocycles. The number of nitrogens with zero attached hydrogens (tertiary/aromatic N) is 2. The number of aliphatic hydroxyl groups excluding tert-OH is 1. The van der Waals surface area contributed by atoms with Gasteiger partial charge in [-0.25, -0.2) is 14.2 Å². The van der Waals surface area contributed by atoms with E-state index >= 15 is 0 Å². The molecule has 1 aromatic carbocycles. The number of aromatic nitrogens is 2. The molecule has 0 fully saturated rings. The molecule has 7 heteroatoms. The van der Waals surface area contributed by atoms with Gasteiger partial charge in [0.1, 0.15) is 5.82 Å². The fraction of sp³-hybridized carbons (Fsp3) is 0.333. The molecule has 0 aliphatic heterocycles. The standard InChI is InChI=1S/C15H19FN4O2/c16-13-5-2-1-4-12(13)14(21)10-19-15(22)18-6-3-8-20-9-7-17-11-20/h1-2,4-5,7,9,11,14,21H,3,6,8,10H2,(H2,18,19,22). The van der Waals surface area contributed by atoms with Crippen LogP contribution in [-0.4, -0.2) is 33.8 Å². The van der Waals surface area contributed by atoms with Crippen molar-refractivity contribution in [1.82, 2.24) is 20.2 Å². The van der Waals surface area contributed by atoms with Gasteiger partial charge in [0.05, 0.1) is 12.4 Å². The van der Waals surface area contributed by atoms with Gasteiger partial charge in [0, 0.05) is 37.6 Å². The molecule has 0 radical (unpaired) electrons. The van der Waals surface area contributed by atoms with E-state index in [1.54, 1.807) is 24.7 Å². The summed E-state index contributed by atoms with van der Waals surface area (Å²) in [5, 5.41) is 15.0. The van der Waals surface area contributed by atoms with Crippen LogP contribution in [0.2, 0.25) is 0 Å². The number of urea groups is 1. The molecular formula is C15H19FN4O2. The second-order valence-corrected chi connectivity index (χ2v) is 4.83. The van der Waals surface area contributed by atoms with Crippen molar-refractivity contribution < 1.29 is 14.3 Å². The molecule has 0 aliphatic rings. The highest BCUT2D eigenvalue weighted by atomic mass is 19.1. The lowest BCUT2D eigenvalue weighted by atomic mass is 10.1. The second-order valence-electron chi connectivity index (χ2n) is 4.83. The van der Waals surface area contributed by atoms with E-state index in [4.69, 9.17) is 0 Å². The summed E-state index contributed by atoms with van der Waals surface area (Å²) in [5.74, 6) is -0.488. The van der Waals surface area contributed by atoms with Crippen LogP contribution < -0.4 is 10.6 Å². The molecule has 118 valence electrons. The third kappa shape index (κ3) is 4.85. The van der Waals surface area contributed by atoms with Gasteiger partial charge in [0.25, 0.3) is 0 Å². The molecule has 1 aromatic heterocycles. The van der Waals surface area contributed by atoms with E-state index < -0.39 is 11.9 Å². The molecule has 0 bridgehead atoms. The maximum atomic E-state index is 13.5. The van der Waals surface area contributed by atoms with Crippen LogP contribution in [0.5, 0.6) is 0 Å². The Balaban J connectivity index is 1.64. The molecule has 2 rings (SSSR count). The summed E-state index contributed by atoms with van der Waals surface area (Å²) in [6.45, 7) is 1.21. The van der Waals surface area contributed by atoms with E-state index in [2.05, 4.69) is 15.6 Å². The van der Waals surface area contributed by atoms with Crippen LogP contribution in [0.15, 0.2) is 43.0 Å². The van der Waals surface area contributed by atoms with Gasteiger partial charge in [-0.15, -0.1) is 0 Å². The average molecular weight is 306 g/mol. The first-order valence-corrected chi connectivity index (χ1v) is 7.07. The van der Waals surface area contributed by atoms with Gasteiger partial charge < -0.3 is 20.3 Å². The lowest BCUT2D eigenvalue weighted by molar-refractivity contribution is 0.169. The SMILES string of the molecule is O=C(NCCCn1ccnc1)NCC(O)c1ccccc1F. The number of halogens is 1.